The second kappa shape index (κ2) is 3.28. The Labute approximate surface area is 85.0 Å². The van der Waals surface area contributed by atoms with Crippen molar-refractivity contribution in [3.05, 3.63) is 29.8 Å². The summed E-state index contributed by atoms with van der Waals surface area (Å²) in [5, 5.41) is 12.9. The van der Waals surface area contributed by atoms with E-state index in [4.69, 9.17) is 0 Å². The van der Waals surface area contributed by atoms with Crippen LogP contribution in [0.2, 0.25) is 0 Å². The van der Waals surface area contributed by atoms with Gasteiger partial charge in [0, 0.05) is 5.54 Å². The van der Waals surface area contributed by atoms with Crippen LogP contribution in [0.5, 0.6) is 5.75 Å². The van der Waals surface area contributed by atoms with Crippen LogP contribution in [-0.2, 0) is 5.54 Å². The molecule has 1 aliphatic rings. The Hall–Kier alpha value is -1.02. The van der Waals surface area contributed by atoms with E-state index >= 15 is 0 Å². The second-order valence-electron chi connectivity index (χ2n) is 4.35. The lowest BCUT2D eigenvalue weighted by atomic mass is 9.72. The molecule has 2 nitrogen and oxygen atoms in total. The average Bonchev–Trinajstić information content (AvgIpc) is 2.00. The van der Waals surface area contributed by atoms with E-state index in [0.717, 1.165) is 13.0 Å². The van der Waals surface area contributed by atoms with Crippen molar-refractivity contribution in [2.75, 3.05) is 6.54 Å². The highest BCUT2D eigenvalue weighted by molar-refractivity contribution is 5.34. The van der Waals surface area contributed by atoms with Gasteiger partial charge in [0.05, 0.1) is 0 Å². The average molecular weight is 191 g/mol. The van der Waals surface area contributed by atoms with Crippen molar-refractivity contribution in [1.29, 1.82) is 0 Å². The Morgan fingerprint density at radius 2 is 2.14 bits per heavy atom. The molecule has 1 aliphatic heterocycles. The number of hydrogen-bond acceptors (Lipinski definition) is 2. The van der Waals surface area contributed by atoms with E-state index < -0.39 is 0 Å². The highest BCUT2D eigenvalue weighted by atomic mass is 16.3. The van der Waals surface area contributed by atoms with Crippen LogP contribution in [0.3, 0.4) is 0 Å². The number of phenolic OH excluding ortho intramolecular Hbond substituents is 1. The maximum absolute atomic E-state index is 9.45. The van der Waals surface area contributed by atoms with E-state index in [2.05, 4.69) is 25.2 Å². The first-order valence-electron chi connectivity index (χ1n) is 5.20. The van der Waals surface area contributed by atoms with Gasteiger partial charge < -0.3 is 10.4 Å². The molecular weight excluding hydrogens is 174 g/mol. The summed E-state index contributed by atoms with van der Waals surface area (Å²) >= 11 is 0. The minimum atomic E-state index is 0.0960. The molecule has 0 aromatic heterocycles. The number of aromatic hydroxyl groups is 1. The summed E-state index contributed by atoms with van der Waals surface area (Å²) in [5.74, 6) is 0.911. The maximum atomic E-state index is 9.45. The number of phenols is 1. The largest absolute Gasteiger partial charge is 0.508 e. The summed E-state index contributed by atoms with van der Waals surface area (Å²) in [5.41, 5.74) is 1.30. The third-order valence-electron chi connectivity index (χ3n) is 3.31. The van der Waals surface area contributed by atoms with Crippen molar-refractivity contribution in [3.8, 4) is 5.75 Å². The number of rotatable bonds is 2. The molecule has 14 heavy (non-hydrogen) atoms. The lowest BCUT2D eigenvalue weighted by Gasteiger charge is -2.47. The predicted molar refractivity (Wildman–Crippen MR) is 57.2 cm³/mol. The van der Waals surface area contributed by atoms with Gasteiger partial charge in [0.15, 0.2) is 0 Å². The molecule has 0 bridgehead atoms. The minimum Gasteiger partial charge on any atom is -0.508 e. The van der Waals surface area contributed by atoms with Crippen molar-refractivity contribution in [2.24, 2.45) is 5.92 Å². The zero-order chi connectivity index (χ0) is 10.2. The normalized spacial score (nSPS) is 26.2. The van der Waals surface area contributed by atoms with E-state index in [-0.39, 0.29) is 5.54 Å². The van der Waals surface area contributed by atoms with Gasteiger partial charge in [-0.1, -0.05) is 26.0 Å². The molecule has 76 valence electrons. The van der Waals surface area contributed by atoms with Gasteiger partial charge in [-0.05, 0) is 36.6 Å². The van der Waals surface area contributed by atoms with Crippen LogP contribution in [-0.4, -0.2) is 11.7 Å². The Balaban J connectivity index is 2.37. The van der Waals surface area contributed by atoms with Crippen LogP contribution in [0.25, 0.3) is 0 Å². The van der Waals surface area contributed by atoms with Gasteiger partial charge in [-0.15, -0.1) is 0 Å². The SMILES string of the molecule is CC(C)C1(c2cccc(O)c2)CCN1. The number of benzene rings is 1. The summed E-state index contributed by atoms with van der Waals surface area (Å²) in [6.07, 6.45) is 1.16. The first-order chi connectivity index (χ1) is 6.65. The second-order valence-corrected chi connectivity index (χ2v) is 4.35. The molecule has 2 heteroatoms. The highest BCUT2D eigenvalue weighted by Gasteiger charge is 2.40. The van der Waals surface area contributed by atoms with Gasteiger partial charge >= 0.3 is 0 Å². The number of nitrogens with one attached hydrogen (secondary N) is 1. The van der Waals surface area contributed by atoms with Gasteiger partial charge in [-0.2, -0.15) is 0 Å². The lowest BCUT2D eigenvalue weighted by molar-refractivity contribution is 0.139. The van der Waals surface area contributed by atoms with E-state index in [1.807, 2.05) is 12.1 Å². The lowest BCUT2D eigenvalue weighted by Crippen LogP contribution is -2.57. The predicted octanol–water partition coefficient (Wildman–Crippen LogP) is 2.24. The Morgan fingerprint density at radius 3 is 2.57 bits per heavy atom. The van der Waals surface area contributed by atoms with Crippen molar-refractivity contribution < 1.29 is 5.11 Å². The number of hydrogen-bond donors (Lipinski definition) is 2. The van der Waals surface area contributed by atoms with Gasteiger partial charge in [0.2, 0.25) is 0 Å². The monoisotopic (exact) mass is 191 g/mol. The molecule has 0 radical (unpaired) electrons. The summed E-state index contributed by atoms with van der Waals surface area (Å²) < 4.78 is 0. The molecule has 2 N–H and O–H groups in total. The minimum absolute atomic E-state index is 0.0960. The van der Waals surface area contributed by atoms with E-state index in [0.29, 0.717) is 11.7 Å². The zero-order valence-electron chi connectivity index (χ0n) is 8.75. The van der Waals surface area contributed by atoms with Crippen molar-refractivity contribution >= 4 is 0 Å². The first-order valence-corrected chi connectivity index (χ1v) is 5.20. The summed E-state index contributed by atoms with van der Waals surface area (Å²) in [7, 11) is 0. The van der Waals surface area contributed by atoms with Crippen LogP contribution in [0.15, 0.2) is 24.3 Å². The smallest absolute Gasteiger partial charge is 0.115 e. The Kier molecular flexibility index (Phi) is 2.23. The first kappa shape index (κ1) is 9.53. The fourth-order valence-corrected chi connectivity index (χ4v) is 2.25. The van der Waals surface area contributed by atoms with E-state index in [1.165, 1.54) is 5.56 Å². The Morgan fingerprint density at radius 1 is 1.43 bits per heavy atom. The summed E-state index contributed by atoms with van der Waals surface area (Å²) in [4.78, 5) is 0. The van der Waals surface area contributed by atoms with Crippen LogP contribution < -0.4 is 5.32 Å². The zero-order valence-corrected chi connectivity index (χ0v) is 8.75. The summed E-state index contributed by atoms with van der Waals surface area (Å²) in [6.45, 7) is 5.51. The van der Waals surface area contributed by atoms with Crippen LogP contribution >= 0.6 is 0 Å². The van der Waals surface area contributed by atoms with Crippen LogP contribution in [0.4, 0.5) is 0 Å². The van der Waals surface area contributed by atoms with E-state index in [9.17, 15) is 5.11 Å². The van der Waals surface area contributed by atoms with Crippen molar-refractivity contribution in [3.63, 3.8) is 0 Å². The van der Waals surface area contributed by atoms with Gasteiger partial charge in [0.25, 0.3) is 0 Å². The molecule has 0 aliphatic carbocycles. The molecule has 0 amide bonds. The Bertz CT molecular complexity index is 329. The third kappa shape index (κ3) is 1.30. The molecule has 0 saturated carbocycles. The molecule has 1 unspecified atom stereocenters. The molecule has 1 heterocycles. The van der Waals surface area contributed by atoms with Gasteiger partial charge in [-0.25, -0.2) is 0 Å². The molecular formula is C12H17NO. The summed E-state index contributed by atoms with van der Waals surface area (Å²) in [6, 6.07) is 7.59. The van der Waals surface area contributed by atoms with Crippen LogP contribution in [0, 0.1) is 5.92 Å². The molecule has 2 rings (SSSR count). The van der Waals surface area contributed by atoms with Crippen molar-refractivity contribution in [2.45, 2.75) is 25.8 Å². The van der Waals surface area contributed by atoms with E-state index in [1.54, 1.807) is 6.07 Å². The quantitative estimate of drug-likeness (QED) is 0.751. The fraction of sp³-hybridized carbons (Fsp3) is 0.500. The molecule has 1 saturated heterocycles. The topological polar surface area (TPSA) is 32.3 Å². The van der Waals surface area contributed by atoms with Gasteiger partial charge in [-0.3, -0.25) is 0 Å². The molecule has 1 aromatic rings. The van der Waals surface area contributed by atoms with Crippen molar-refractivity contribution in [1.82, 2.24) is 5.32 Å². The molecule has 1 atom stereocenters. The van der Waals surface area contributed by atoms with Gasteiger partial charge in [0.1, 0.15) is 5.75 Å². The highest BCUT2D eigenvalue weighted by Crippen LogP contribution is 2.39. The maximum Gasteiger partial charge on any atom is 0.115 e. The molecule has 0 spiro atoms. The fourth-order valence-electron chi connectivity index (χ4n) is 2.25. The molecule has 1 aromatic carbocycles. The third-order valence-corrected chi connectivity index (χ3v) is 3.31. The van der Waals surface area contributed by atoms with Crippen LogP contribution in [0.1, 0.15) is 25.8 Å². The molecule has 1 fully saturated rings. The standard InChI is InChI=1S/C12H17NO/c1-9(2)12(6-7-13-12)10-4-3-5-11(14)8-10/h3-5,8-9,13-14H,6-7H2,1-2H3.